The zero-order chi connectivity index (χ0) is 18.4. The monoisotopic (exact) mass is 352 g/mol. The van der Waals surface area contributed by atoms with Gasteiger partial charge in [-0.15, -0.1) is 0 Å². The lowest BCUT2D eigenvalue weighted by Crippen LogP contribution is -2.45. The molecule has 1 spiro atoms. The molecule has 0 radical (unpaired) electrons. The molecule has 0 bridgehead atoms. The first-order valence-corrected chi connectivity index (χ1v) is 9.64. The number of nitrogens with zero attached hydrogens (tertiary/aromatic N) is 3. The fourth-order valence-electron chi connectivity index (χ4n) is 4.49. The third-order valence-corrected chi connectivity index (χ3v) is 5.85. The summed E-state index contributed by atoms with van der Waals surface area (Å²) < 4.78 is 0. The maximum absolute atomic E-state index is 12.7. The number of aromatic amines is 1. The molecular weight excluding hydrogens is 324 g/mol. The van der Waals surface area contributed by atoms with Crippen LogP contribution in [-0.2, 0) is 23.8 Å². The molecule has 0 amide bonds. The van der Waals surface area contributed by atoms with E-state index in [1.165, 1.54) is 0 Å². The standard InChI is InChI=1S/C21H28N4O/c1-20(2,3)19-23-17-16(18(26)24-19)8-10-21(17)9-6-12-25(14-21)13-15-7-4-5-11-22-15/h4-5,7,11H,6,8-10,12-14H2,1-3H3,(H,23,24,26). The summed E-state index contributed by atoms with van der Waals surface area (Å²) in [6.07, 6.45) is 6.01. The highest BCUT2D eigenvalue weighted by Crippen LogP contribution is 2.43. The maximum Gasteiger partial charge on any atom is 0.254 e. The van der Waals surface area contributed by atoms with Crippen molar-refractivity contribution in [3.63, 3.8) is 0 Å². The van der Waals surface area contributed by atoms with E-state index in [9.17, 15) is 4.79 Å². The highest BCUT2D eigenvalue weighted by molar-refractivity contribution is 5.34. The molecule has 26 heavy (non-hydrogen) atoms. The Balaban J connectivity index is 1.66. The predicted octanol–water partition coefficient (Wildman–Crippen LogP) is 2.94. The largest absolute Gasteiger partial charge is 0.310 e. The molecule has 1 aliphatic heterocycles. The van der Waals surface area contributed by atoms with Crippen LogP contribution in [0.25, 0.3) is 0 Å². The quantitative estimate of drug-likeness (QED) is 0.903. The Morgan fingerprint density at radius 3 is 2.85 bits per heavy atom. The van der Waals surface area contributed by atoms with Crippen LogP contribution in [0.1, 0.15) is 62.8 Å². The number of nitrogens with one attached hydrogen (secondary N) is 1. The minimum absolute atomic E-state index is 0.0244. The van der Waals surface area contributed by atoms with Crippen molar-refractivity contribution in [2.75, 3.05) is 13.1 Å². The molecule has 2 aromatic rings. The van der Waals surface area contributed by atoms with Gasteiger partial charge in [0.25, 0.3) is 5.56 Å². The molecule has 1 saturated heterocycles. The van der Waals surface area contributed by atoms with Gasteiger partial charge in [0.05, 0.1) is 11.4 Å². The van der Waals surface area contributed by atoms with Crippen molar-refractivity contribution in [2.45, 2.75) is 63.8 Å². The van der Waals surface area contributed by atoms with Crippen molar-refractivity contribution in [1.82, 2.24) is 19.9 Å². The molecule has 4 rings (SSSR count). The smallest absolute Gasteiger partial charge is 0.254 e. The third kappa shape index (κ3) is 3.09. The fraction of sp³-hybridized carbons (Fsp3) is 0.571. The molecule has 1 aliphatic carbocycles. The lowest BCUT2D eigenvalue weighted by atomic mass is 9.77. The van der Waals surface area contributed by atoms with Gasteiger partial charge in [-0.3, -0.25) is 14.7 Å². The summed E-state index contributed by atoms with van der Waals surface area (Å²) in [5, 5.41) is 0. The number of hydrogen-bond acceptors (Lipinski definition) is 4. The maximum atomic E-state index is 12.7. The van der Waals surface area contributed by atoms with Gasteiger partial charge < -0.3 is 4.98 Å². The van der Waals surface area contributed by atoms with E-state index < -0.39 is 0 Å². The van der Waals surface area contributed by atoms with Crippen molar-refractivity contribution in [2.24, 2.45) is 0 Å². The minimum Gasteiger partial charge on any atom is -0.310 e. The molecule has 5 heteroatoms. The van der Waals surface area contributed by atoms with Crippen molar-refractivity contribution < 1.29 is 0 Å². The molecular formula is C21H28N4O. The van der Waals surface area contributed by atoms with Gasteiger partial charge >= 0.3 is 0 Å². The zero-order valence-corrected chi connectivity index (χ0v) is 16.0. The summed E-state index contributed by atoms with van der Waals surface area (Å²) in [6, 6.07) is 6.09. The molecule has 0 saturated carbocycles. The molecule has 3 heterocycles. The number of piperidine rings is 1. The number of likely N-dealkylation sites (tertiary alicyclic amines) is 1. The summed E-state index contributed by atoms with van der Waals surface area (Å²) in [5.74, 6) is 0.810. The average molecular weight is 352 g/mol. The van der Waals surface area contributed by atoms with Crippen LogP contribution in [0, 0.1) is 0 Å². The van der Waals surface area contributed by atoms with Gasteiger partial charge in [-0.1, -0.05) is 26.8 Å². The molecule has 138 valence electrons. The molecule has 1 unspecified atom stereocenters. The van der Waals surface area contributed by atoms with Crippen LogP contribution in [0.3, 0.4) is 0 Å². The van der Waals surface area contributed by atoms with Gasteiger partial charge in [-0.25, -0.2) is 4.98 Å². The average Bonchev–Trinajstić information content (AvgIpc) is 2.94. The molecule has 1 fully saturated rings. The summed E-state index contributed by atoms with van der Waals surface area (Å²) in [4.78, 5) is 27.7. The molecule has 0 aromatic carbocycles. The summed E-state index contributed by atoms with van der Waals surface area (Å²) in [6.45, 7) is 9.24. The van der Waals surface area contributed by atoms with E-state index in [2.05, 4.69) is 41.7 Å². The first kappa shape index (κ1) is 17.4. The van der Waals surface area contributed by atoms with Crippen LogP contribution < -0.4 is 5.56 Å². The third-order valence-electron chi connectivity index (χ3n) is 5.85. The lowest BCUT2D eigenvalue weighted by molar-refractivity contribution is 0.135. The Hall–Kier alpha value is -2.01. The van der Waals surface area contributed by atoms with Crippen molar-refractivity contribution in [3.05, 3.63) is 57.5 Å². The molecule has 5 nitrogen and oxygen atoms in total. The van der Waals surface area contributed by atoms with Crippen LogP contribution in [0.15, 0.2) is 29.2 Å². The van der Waals surface area contributed by atoms with E-state index in [4.69, 9.17) is 4.98 Å². The number of H-pyrrole nitrogens is 1. The normalized spacial score (nSPS) is 23.3. The van der Waals surface area contributed by atoms with E-state index in [0.717, 1.165) is 68.1 Å². The van der Waals surface area contributed by atoms with E-state index >= 15 is 0 Å². The van der Waals surface area contributed by atoms with Gasteiger partial charge in [0.1, 0.15) is 5.82 Å². The number of aromatic nitrogens is 3. The molecule has 1 atom stereocenters. The second-order valence-corrected chi connectivity index (χ2v) is 8.91. The molecule has 1 N–H and O–H groups in total. The Labute approximate surface area is 154 Å². The van der Waals surface area contributed by atoms with Crippen LogP contribution in [-0.4, -0.2) is 32.9 Å². The fourth-order valence-corrected chi connectivity index (χ4v) is 4.49. The first-order valence-electron chi connectivity index (χ1n) is 9.64. The second-order valence-electron chi connectivity index (χ2n) is 8.91. The van der Waals surface area contributed by atoms with E-state index in [0.29, 0.717) is 0 Å². The van der Waals surface area contributed by atoms with Crippen molar-refractivity contribution in [1.29, 1.82) is 0 Å². The van der Waals surface area contributed by atoms with Crippen LogP contribution in [0.2, 0.25) is 0 Å². The van der Waals surface area contributed by atoms with Crippen LogP contribution >= 0.6 is 0 Å². The number of fused-ring (bicyclic) bond motifs is 2. The van der Waals surface area contributed by atoms with Gasteiger partial charge in [-0.2, -0.15) is 0 Å². The predicted molar refractivity (Wildman–Crippen MR) is 102 cm³/mol. The Bertz CT molecular complexity index is 853. The Morgan fingerprint density at radius 1 is 1.27 bits per heavy atom. The number of pyridine rings is 1. The minimum atomic E-state index is -0.152. The number of rotatable bonds is 2. The van der Waals surface area contributed by atoms with E-state index in [1.807, 2.05) is 18.3 Å². The Kier molecular flexibility index (Phi) is 4.22. The Morgan fingerprint density at radius 2 is 2.12 bits per heavy atom. The molecule has 2 aliphatic rings. The first-order chi connectivity index (χ1) is 12.4. The van der Waals surface area contributed by atoms with Gasteiger partial charge in [0.2, 0.25) is 0 Å². The topological polar surface area (TPSA) is 61.9 Å². The van der Waals surface area contributed by atoms with E-state index in [-0.39, 0.29) is 16.4 Å². The number of hydrogen-bond donors (Lipinski definition) is 1. The van der Waals surface area contributed by atoms with E-state index in [1.54, 1.807) is 0 Å². The SMILES string of the molecule is CC(C)(C)c1nc2c(c(=O)[nH]1)CCC21CCCN(Cc2ccccn2)C1. The second kappa shape index (κ2) is 6.31. The van der Waals surface area contributed by atoms with Crippen LogP contribution in [0.4, 0.5) is 0 Å². The summed E-state index contributed by atoms with van der Waals surface area (Å²) in [5.41, 5.74) is 3.03. The van der Waals surface area contributed by atoms with Gasteiger partial charge in [-0.05, 0) is 44.4 Å². The van der Waals surface area contributed by atoms with Crippen LogP contribution in [0.5, 0.6) is 0 Å². The molecule has 2 aromatic heterocycles. The lowest BCUT2D eigenvalue weighted by Gasteiger charge is -2.40. The summed E-state index contributed by atoms with van der Waals surface area (Å²) in [7, 11) is 0. The highest BCUT2D eigenvalue weighted by atomic mass is 16.1. The zero-order valence-electron chi connectivity index (χ0n) is 16.0. The van der Waals surface area contributed by atoms with Crippen molar-refractivity contribution >= 4 is 0 Å². The van der Waals surface area contributed by atoms with Crippen molar-refractivity contribution in [3.8, 4) is 0 Å². The summed E-state index contributed by atoms with van der Waals surface area (Å²) >= 11 is 0. The van der Waals surface area contributed by atoms with Gasteiger partial charge in [0.15, 0.2) is 0 Å². The van der Waals surface area contributed by atoms with Gasteiger partial charge in [0, 0.05) is 35.7 Å². The highest BCUT2D eigenvalue weighted by Gasteiger charge is 2.45.